The minimum atomic E-state index is -0.399. The van der Waals surface area contributed by atoms with Crippen molar-refractivity contribution in [3.63, 3.8) is 0 Å². The first-order valence-electron chi connectivity index (χ1n) is 6.12. The summed E-state index contributed by atoms with van der Waals surface area (Å²) in [7, 11) is 1.58. The smallest absolute Gasteiger partial charge is 0.0785 e. The second-order valence-corrected chi connectivity index (χ2v) is 4.44. The van der Waals surface area contributed by atoms with Crippen molar-refractivity contribution in [3.05, 3.63) is 0 Å². The molecule has 0 amide bonds. The van der Waals surface area contributed by atoms with Crippen LogP contribution in [0.25, 0.3) is 0 Å². The Balaban J connectivity index is 3.70. The molecule has 0 aliphatic carbocycles. The molecule has 0 aromatic rings. The highest BCUT2D eigenvalue weighted by molar-refractivity contribution is 4.78. The van der Waals surface area contributed by atoms with Crippen molar-refractivity contribution >= 4 is 0 Å². The third kappa shape index (κ3) is 5.80. The minimum Gasteiger partial charge on any atom is -0.396 e. The summed E-state index contributed by atoms with van der Waals surface area (Å²) in [6.07, 6.45) is 2.22. The number of rotatable bonds is 10. The lowest BCUT2D eigenvalue weighted by molar-refractivity contribution is 0.0576. The van der Waals surface area contributed by atoms with Crippen LogP contribution in [0.5, 0.6) is 0 Å². The summed E-state index contributed by atoms with van der Waals surface area (Å²) >= 11 is 0. The van der Waals surface area contributed by atoms with Gasteiger partial charge in [0.1, 0.15) is 0 Å². The molecular formula is C12H27NO3. The summed E-state index contributed by atoms with van der Waals surface area (Å²) in [5.41, 5.74) is -0.00773. The average molecular weight is 233 g/mol. The van der Waals surface area contributed by atoms with Crippen LogP contribution in [0.4, 0.5) is 0 Å². The van der Waals surface area contributed by atoms with Crippen LogP contribution in [0.1, 0.15) is 33.1 Å². The predicted octanol–water partition coefficient (Wildman–Crippen LogP) is 0.772. The van der Waals surface area contributed by atoms with E-state index in [1.807, 2.05) is 0 Å². The number of methoxy groups -OCH3 is 1. The molecule has 4 nitrogen and oxygen atoms in total. The Hall–Kier alpha value is -0.160. The van der Waals surface area contributed by atoms with Gasteiger partial charge in [0.25, 0.3) is 0 Å². The van der Waals surface area contributed by atoms with Crippen molar-refractivity contribution in [3.8, 4) is 0 Å². The normalized spacial score (nSPS) is 14.1. The molecule has 16 heavy (non-hydrogen) atoms. The van der Waals surface area contributed by atoms with Crippen molar-refractivity contribution in [2.75, 3.05) is 33.4 Å². The van der Waals surface area contributed by atoms with Crippen molar-refractivity contribution in [1.29, 1.82) is 0 Å². The maximum absolute atomic E-state index is 9.44. The molecule has 0 saturated carbocycles. The molecule has 0 radical (unpaired) electrons. The van der Waals surface area contributed by atoms with Gasteiger partial charge in [0.15, 0.2) is 0 Å². The monoisotopic (exact) mass is 233 g/mol. The lowest BCUT2D eigenvalue weighted by atomic mass is 9.83. The molecular weight excluding hydrogens is 206 g/mol. The Morgan fingerprint density at radius 1 is 1.31 bits per heavy atom. The predicted molar refractivity (Wildman–Crippen MR) is 65.5 cm³/mol. The fourth-order valence-corrected chi connectivity index (χ4v) is 1.68. The van der Waals surface area contributed by atoms with Gasteiger partial charge in [0, 0.05) is 25.7 Å². The van der Waals surface area contributed by atoms with Gasteiger partial charge in [-0.1, -0.05) is 13.8 Å². The summed E-state index contributed by atoms with van der Waals surface area (Å²) in [6, 6.07) is 0. The molecule has 4 heteroatoms. The SMILES string of the molecule is CCC(CC)(CO)CNCCC(O)COC. The number of hydrogen-bond donors (Lipinski definition) is 3. The quantitative estimate of drug-likeness (QED) is 0.488. The summed E-state index contributed by atoms with van der Waals surface area (Å²) in [5, 5.41) is 22.1. The van der Waals surface area contributed by atoms with Gasteiger partial charge in [-0.15, -0.1) is 0 Å². The topological polar surface area (TPSA) is 61.7 Å². The van der Waals surface area contributed by atoms with Crippen LogP contribution in [-0.4, -0.2) is 49.7 Å². The van der Waals surface area contributed by atoms with E-state index in [0.29, 0.717) is 13.0 Å². The first-order valence-corrected chi connectivity index (χ1v) is 6.12. The third-order valence-electron chi connectivity index (χ3n) is 3.35. The van der Waals surface area contributed by atoms with E-state index in [9.17, 15) is 10.2 Å². The Morgan fingerprint density at radius 2 is 1.94 bits per heavy atom. The highest BCUT2D eigenvalue weighted by atomic mass is 16.5. The number of hydrogen-bond acceptors (Lipinski definition) is 4. The van der Waals surface area contributed by atoms with Crippen LogP contribution < -0.4 is 5.32 Å². The summed E-state index contributed by atoms with van der Waals surface area (Å²) in [6.45, 7) is 6.35. The molecule has 0 spiro atoms. The molecule has 0 aromatic heterocycles. The lowest BCUT2D eigenvalue weighted by Crippen LogP contribution is -2.37. The van der Waals surface area contributed by atoms with Gasteiger partial charge in [-0.05, 0) is 25.8 Å². The Kier molecular flexibility index (Phi) is 8.84. The maximum atomic E-state index is 9.44. The van der Waals surface area contributed by atoms with E-state index >= 15 is 0 Å². The molecule has 98 valence electrons. The number of nitrogens with one attached hydrogen (secondary N) is 1. The van der Waals surface area contributed by atoms with Crippen molar-refractivity contribution in [2.24, 2.45) is 5.41 Å². The van der Waals surface area contributed by atoms with Gasteiger partial charge < -0.3 is 20.3 Å². The van der Waals surface area contributed by atoms with Crippen LogP contribution in [0.2, 0.25) is 0 Å². The molecule has 0 fully saturated rings. The van der Waals surface area contributed by atoms with Gasteiger partial charge in [-0.2, -0.15) is 0 Å². The Morgan fingerprint density at radius 3 is 2.38 bits per heavy atom. The van der Waals surface area contributed by atoms with Crippen molar-refractivity contribution in [1.82, 2.24) is 5.32 Å². The first kappa shape index (κ1) is 15.8. The van der Waals surface area contributed by atoms with Crippen molar-refractivity contribution in [2.45, 2.75) is 39.2 Å². The molecule has 3 N–H and O–H groups in total. The fourth-order valence-electron chi connectivity index (χ4n) is 1.68. The fraction of sp³-hybridized carbons (Fsp3) is 1.00. The zero-order valence-corrected chi connectivity index (χ0v) is 10.8. The van der Waals surface area contributed by atoms with Crippen LogP contribution in [-0.2, 0) is 4.74 Å². The highest BCUT2D eigenvalue weighted by Gasteiger charge is 2.24. The van der Waals surface area contributed by atoms with Crippen molar-refractivity contribution < 1.29 is 14.9 Å². The van der Waals surface area contributed by atoms with E-state index in [4.69, 9.17) is 4.74 Å². The second-order valence-electron chi connectivity index (χ2n) is 4.44. The zero-order valence-electron chi connectivity index (χ0n) is 10.8. The van der Waals surface area contributed by atoms with Gasteiger partial charge in [-0.25, -0.2) is 0 Å². The Labute approximate surface area is 99.0 Å². The summed E-state index contributed by atoms with van der Waals surface area (Å²) < 4.78 is 4.85. The summed E-state index contributed by atoms with van der Waals surface area (Å²) in [5.74, 6) is 0. The minimum absolute atomic E-state index is 0.00773. The van der Waals surface area contributed by atoms with E-state index in [1.54, 1.807) is 7.11 Å². The second kappa shape index (κ2) is 8.93. The number of ether oxygens (including phenoxy) is 1. The molecule has 0 rings (SSSR count). The molecule has 0 saturated heterocycles. The molecule has 1 unspecified atom stereocenters. The Bertz CT molecular complexity index is 152. The van der Waals surface area contributed by atoms with Crippen LogP contribution in [0, 0.1) is 5.41 Å². The maximum Gasteiger partial charge on any atom is 0.0785 e. The molecule has 0 aromatic carbocycles. The molecule has 1 atom stereocenters. The van der Waals surface area contributed by atoms with E-state index in [1.165, 1.54) is 0 Å². The summed E-state index contributed by atoms with van der Waals surface area (Å²) in [4.78, 5) is 0. The molecule has 0 aliphatic rings. The highest BCUT2D eigenvalue weighted by Crippen LogP contribution is 2.24. The first-order chi connectivity index (χ1) is 7.64. The van der Waals surface area contributed by atoms with E-state index in [2.05, 4.69) is 19.2 Å². The van der Waals surface area contributed by atoms with Crippen LogP contribution >= 0.6 is 0 Å². The largest absolute Gasteiger partial charge is 0.396 e. The molecule has 0 heterocycles. The zero-order chi connectivity index (χ0) is 12.4. The van der Waals surface area contributed by atoms with E-state index in [-0.39, 0.29) is 12.0 Å². The van der Waals surface area contributed by atoms with Gasteiger partial charge in [-0.3, -0.25) is 0 Å². The van der Waals surface area contributed by atoms with Crippen LogP contribution in [0.15, 0.2) is 0 Å². The van der Waals surface area contributed by atoms with E-state index < -0.39 is 6.10 Å². The third-order valence-corrected chi connectivity index (χ3v) is 3.35. The standard InChI is InChI=1S/C12H27NO3/c1-4-12(5-2,10-14)9-13-7-6-11(15)8-16-3/h11,13-15H,4-10H2,1-3H3. The van der Waals surface area contributed by atoms with Crippen LogP contribution in [0.3, 0.4) is 0 Å². The van der Waals surface area contributed by atoms with E-state index in [0.717, 1.165) is 25.9 Å². The van der Waals surface area contributed by atoms with Gasteiger partial charge in [0.2, 0.25) is 0 Å². The average Bonchev–Trinajstić information content (AvgIpc) is 2.31. The molecule has 0 aliphatic heterocycles. The van der Waals surface area contributed by atoms with Gasteiger partial charge >= 0.3 is 0 Å². The molecule has 0 bridgehead atoms. The number of aliphatic hydroxyl groups is 2. The lowest BCUT2D eigenvalue weighted by Gasteiger charge is -2.29. The van der Waals surface area contributed by atoms with Gasteiger partial charge in [0.05, 0.1) is 12.7 Å². The number of aliphatic hydroxyl groups excluding tert-OH is 2.